The Labute approximate surface area is 170 Å². The maximum atomic E-state index is 12.4. The van der Waals surface area contributed by atoms with Gasteiger partial charge in [-0.25, -0.2) is 4.98 Å². The zero-order chi connectivity index (χ0) is 17.8. The van der Waals surface area contributed by atoms with Gasteiger partial charge in [-0.05, 0) is 45.4 Å². The summed E-state index contributed by atoms with van der Waals surface area (Å²) in [6, 6.07) is 3.90. The summed E-state index contributed by atoms with van der Waals surface area (Å²) < 4.78 is 0. The lowest BCUT2D eigenvalue weighted by Crippen LogP contribution is -2.52. The quantitative estimate of drug-likeness (QED) is 0.709. The summed E-state index contributed by atoms with van der Waals surface area (Å²) in [6.45, 7) is 4.80. The van der Waals surface area contributed by atoms with Crippen LogP contribution >= 0.6 is 24.8 Å². The van der Waals surface area contributed by atoms with Crippen molar-refractivity contribution in [3.8, 4) is 11.4 Å². The number of halogens is 2. The number of nitrogens with one attached hydrogen (secondary N) is 3. The topological polar surface area (TPSA) is 99.8 Å². The lowest BCUT2D eigenvalue weighted by atomic mass is 9.99. The maximum Gasteiger partial charge on any atom is 0.255 e. The first-order valence-corrected chi connectivity index (χ1v) is 8.57. The molecule has 3 N–H and O–H groups in total. The molecule has 7 nitrogen and oxygen atoms in total. The highest BCUT2D eigenvalue weighted by atomic mass is 35.5. The number of aromatic amines is 1. The van der Waals surface area contributed by atoms with Gasteiger partial charge in [0.1, 0.15) is 5.82 Å². The van der Waals surface area contributed by atoms with Crippen LogP contribution in [0.15, 0.2) is 29.3 Å². The second-order valence-electron chi connectivity index (χ2n) is 6.45. The van der Waals surface area contributed by atoms with Gasteiger partial charge in [-0.2, -0.15) is 0 Å². The van der Waals surface area contributed by atoms with Gasteiger partial charge in [0.2, 0.25) is 5.91 Å². The fourth-order valence-electron chi connectivity index (χ4n) is 3.12. The van der Waals surface area contributed by atoms with E-state index in [4.69, 9.17) is 0 Å². The van der Waals surface area contributed by atoms with E-state index in [0.717, 1.165) is 24.9 Å². The minimum atomic E-state index is -0.274. The summed E-state index contributed by atoms with van der Waals surface area (Å²) in [5.74, 6) is 0.340. The molecule has 0 saturated carbocycles. The molecule has 1 saturated heterocycles. The Morgan fingerprint density at radius 2 is 2.00 bits per heavy atom. The average Bonchev–Trinajstić information content (AvgIpc) is 2.61. The van der Waals surface area contributed by atoms with Crippen LogP contribution in [0.25, 0.3) is 11.4 Å². The van der Waals surface area contributed by atoms with E-state index in [-0.39, 0.29) is 54.8 Å². The van der Waals surface area contributed by atoms with Gasteiger partial charge in [0.15, 0.2) is 0 Å². The standard InChI is InChI=1S/C18H23N5O2.2ClH/c1-11-14(10-16(24)22-15-4-3-7-20-12(15)2)18(25)23-17(21-11)13-5-8-19-9-6-13;;/h5-6,8-9,12,15,20H,3-4,7,10H2,1-2H3,(H,22,24)(H,21,23,25);2*1H. The zero-order valence-corrected chi connectivity index (χ0v) is 17.0. The molecule has 3 heterocycles. The van der Waals surface area contributed by atoms with Gasteiger partial charge < -0.3 is 15.6 Å². The van der Waals surface area contributed by atoms with Crippen molar-refractivity contribution in [1.29, 1.82) is 0 Å². The molecule has 1 aliphatic rings. The van der Waals surface area contributed by atoms with E-state index in [1.807, 2.05) is 0 Å². The molecule has 0 aliphatic carbocycles. The van der Waals surface area contributed by atoms with Crippen molar-refractivity contribution in [3.05, 3.63) is 46.1 Å². The summed E-state index contributed by atoms with van der Waals surface area (Å²) in [5.41, 5.74) is 1.49. The fraction of sp³-hybridized carbons (Fsp3) is 0.444. The smallest absolute Gasteiger partial charge is 0.255 e. The molecule has 1 aliphatic heterocycles. The number of hydrogen-bond acceptors (Lipinski definition) is 5. The fourth-order valence-corrected chi connectivity index (χ4v) is 3.12. The molecule has 2 aromatic rings. The number of amides is 1. The Morgan fingerprint density at radius 3 is 2.63 bits per heavy atom. The molecule has 148 valence electrons. The van der Waals surface area contributed by atoms with Crippen LogP contribution in [-0.4, -0.2) is 39.5 Å². The SMILES string of the molecule is Cc1nc(-c2ccncc2)[nH]c(=O)c1CC(=O)NC1CCCNC1C.Cl.Cl. The van der Waals surface area contributed by atoms with Crippen LogP contribution in [0.4, 0.5) is 0 Å². The van der Waals surface area contributed by atoms with E-state index in [2.05, 4.69) is 32.5 Å². The summed E-state index contributed by atoms with van der Waals surface area (Å²) in [6.07, 6.45) is 5.32. The van der Waals surface area contributed by atoms with E-state index in [9.17, 15) is 9.59 Å². The average molecular weight is 414 g/mol. The summed E-state index contributed by atoms with van der Waals surface area (Å²) >= 11 is 0. The monoisotopic (exact) mass is 413 g/mol. The van der Waals surface area contributed by atoms with Crippen molar-refractivity contribution in [1.82, 2.24) is 25.6 Å². The normalized spacial score (nSPS) is 18.7. The minimum absolute atomic E-state index is 0. The molecule has 0 aromatic carbocycles. The van der Waals surface area contributed by atoms with E-state index in [0.29, 0.717) is 17.1 Å². The van der Waals surface area contributed by atoms with Gasteiger partial charge in [-0.3, -0.25) is 14.6 Å². The summed E-state index contributed by atoms with van der Waals surface area (Å²) in [7, 11) is 0. The molecule has 0 bridgehead atoms. The molecule has 2 unspecified atom stereocenters. The Kier molecular flexibility index (Phi) is 8.88. The van der Waals surface area contributed by atoms with Gasteiger partial charge in [-0.15, -0.1) is 24.8 Å². The van der Waals surface area contributed by atoms with E-state index in [1.165, 1.54) is 0 Å². The summed E-state index contributed by atoms with van der Waals surface area (Å²) in [4.78, 5) is 35.9. The van der Waals surface area contributed by atoms with Gasteiger partial charge in [0.05, 0.1) is 6.42 Å². The lowest BCUT2D eigenvalue weighted by molar-refractivity contribution is -0.121. The van der Waals surface area contributed by atoms with Crippen LogP contribution in [-0.2, 0) is 11.2 Å². The predicted molar refractivity (Wildman–Crippen MR) is 110 cm³/mol. The van der Waals surface area contributed by atoms with Crippen LogP contribution in [0.2, 0.25) is 0 Å². The highest BCUT2D eigenvalue weighted by Gasteiger charge is 2.23. The number of pyridine rings is 1. The second-order valence-corrected chi connectivity index (χ2v) is 6.45. The number of carbonyl (C=O) groups is 1. The number of rotatable bonds is 4. The van der Waals surface area contributed by atoms with Crippen molar-refractivity contribution >= 4 is 30.7 Å². The first-order chi connectivity index (χ1) is 12.0. The Hall–Kier alpha value is -1.96. The number of nitrogens with zero attached hydrogens (tertiary/aromatic N) is 2. The lowest BCUT2D eigenvalue weighted by Gasteiger charge is -2.30. The van der Waals surface area contributed by atoms with Gasteiger partial charge >= 0.3 is 0 Å². The molecule has 9 heteroatoms. The van der Waals surface area contributed by atoms with E-state index in [1.54, 1.807) is 31.5 Å². The third kappa shape index (κ3) is 5.76. The van der Waals surface area contributed by atoms with Gasteiger partial charge in [-0.1, -0.05) is 0 Å². The maximum absolute atomic E-state index is 12.4. The van der Waals surface area contributed by atoms with Crippen LogP contribution in [0, 0.1) is 6.92 Å². The Morgan fingerprint density at radius 1 is 1.30 bits per heavy atom. The van der Waals surface area contributed by atoms with Gasteiger partial charge in [0, 0.05) is 41.3 Å². The van der Waals surface area contributed by atoms with E-state index >= 15 is 0 Å². The Balaban J connectivity index is 0.00000182. The molecule has 3 rings (SSSR count). The highest BCUT2D eigenvalue weighted by molar-refractivity contribution is 5.85. The highest BCUT2D eigenvalue weighted by Crippen LogP contribution is 2.13. The number of piperidine rings is 1. The molecule has 0 spiro atoms. The molecule has 2 aromatic heterocycles. The van der Waals surface area contributed by atoms with Crippen LogP contribution in [0.1, 0.15) is 31.0 Å². The number of H-pyrrole nitrogens is 1. The minimum Gasteiger partial charge on any atom is -0.352 e. The van der Waals surface area contributed by atoms with Crippen molar-refractivity contribution in [2.24, 2.45) is 0 Å². The number of hydrogen-bond donors (Lipinski definition) is 3. The van der Waals surface area contributed by atoms with Crippen molar-refractivity contribution in [2.45, 2.75) is 45.2 Å². The number of aryl methyl sites for hydroxylation is 1. The third-order valence-corrected chi connectivity index (χ3v) is 4.62. The number of carbonyl (C=O) groups excluding carboxylic acids is 1. The first-order valence-electron chi connectivity index (χ1n) is 8.57. The largest absolute Gasteiger partial charge is 0.352 e. The molecule has 1 fully saturated rings. The Bertz CT molecular complexity index is 813. The van der Waals surface area contributed by atoms with Crippen LogP contribution < -0.4 is 16.2 Å². The molecule has 2 atom stereocenters. The van der Waals surface area contributed by atoms with Crippen LogP contribution in [0.3, 0.4) is 0 Å². The molecule has 0 radical (unpaired) electrons. The predicted octanol–water partition coefficient (Wildman–Crippen LogP) is 1.78. The molecule has 1 amide bonds. The van der Waals surface area contributed by atoms with E-state index < -0.39 is 0 Å². The molecular weight excluding hydrogens is 389 g/mol. The zero-order valence-electron chi connectivity index (χ0n) is 15.3. The van der Waals surface area contributed by atoms with Crippen LogP contribution in [0.5, 0.6) is 0 Å². The number of aromatic nitrogens is 3. The summed E-state index contributed by atoms with van der Waals surface area (Å²) in [5, 5.41) is 6.38. The molecular formula is C18H25Cl2N5O2. The second kappa shape index (κ2) is 10.4. The third-order valence-electron chi connectivity index (χ3n) is 4.62. The van der Waals surface area contributed by atoms with Crippen molar-refractivity contribution < 1.29 is 4.79 Å². The molecule has 27 heavy (non-hydrogen) atoms. The first kappa shape index (κ1) is 23.1. The van der Waals surface area contributed by atoms with Gasteiger partial charge in [0.25, 0.3) is 5.56 Å². The van der Waals surface area contributed by atoms with Crippen molar-refractivity contribution in [2.75, 3.05) is 6.54 Å². The van der Waals surface area contributed by atoms with Crippen molar-refractivity contribution in [3.63, 3.8) is 0 Å².